The molecule has 0 heterocycles. The van der Waals surface area contributed by atoms with Gasteiger partial charge in [-0.15, -0.1) is 0 Å². The van der Waals surface area contributed by atoms with E-state index in [1.54, 1.807) is 0 Å². The van der Waals surface area contributed by atoms with E-state index >= 15 is 0 Å². The van der Waals surface area contributed by atoms with Crippen LogP contribution in [0.3, 0.4) is 0 Å². The van der Waals surface area contributed by atoms with Gasteiger partial charge in [-0.2, -0.15) is 0 Å². The lowest BCUT2D eigenvalue weighted by Crippen LogP contribution is -2.36. The summed E-state index contributed by atoms with van der Waals surface area (Å²) in [6.45, 7) is 9.39. The average molecular weight is 357 g/mol. The summed E-state index contributed by atoms with van der Waals surface area (Å²) < 4.78 is 1.14. The molecule has 0 aliphatic rings. The maximum Gasteiger partial charge on any atom is 0.0606 e. The molecule has 2 N–H and O–H groups in total. The van der Waals surface area contributed by atoms with Gasteiger partial charge in [-0.25, -0.2) is 0 Å². The van der Waals surface area contributed by atoms with E-state index in [2.05, 4.69) is 65.1 Å². The zero-order valence-corrected chi connectivity index (χ0v) is 15.1. The van der Waals surface area contributed by atoms with Gasteiger partial charge in [-0.05, 0) is 43.5 Å². The highest BCUT2D eigenvalue weighted by atomic mass is 79.9. The summed E-state index contributed by atoms with van der Waals surface area (Å²) >= 11 is 3.68. The fourth-order valence-corrected chi connectivity index (χ4v) is 3.12. The van der Waals surface area contributed by atoms with Crippen LogP contribution < -0.4 is 10.2 Å². The van der Waals surface area contributed by atoms with Crippen LogP contribution in [0.4, 0.5) is 5.69 Å². The number of anilines is 1. The molecule has 120 valence electrons. The Morgan fingerprint density at radius 3 is 2.48 bits per heavy atom. The first-order valence-electron chi connectivity index (χ1n) is 8.04. The lowest BCUT2D eigenvalue weighted by atomic mass is 10.1. The SMILES string of the molecule is CCCNCc1ccc(N(CCO)C(CC)CC)cc1Br. The Kier molecular flexibility index (Phi) is 8.97. The summed E-state index contributed by atoms with van der Waals surface area (Å²) in [7, 11) is 0. The van der Waals surface area contributed by atoms with Crippen LogP contribution in [0.5, 0.6) is 0 Å². The molecule has 0 aliphatic heterocycles. The summed E-state index contributed by atoms with van der Waals surface area (Å²) in [6.07, 6.45) is 3.33. The van der Waals surface area contributed by atoms with Crippen LogP contribution in [0.1, 0.15) is 45.6 Å². The first kappa shape index (κ1) is 18.5. The van der Waals surface area contributed by atoms with E-state index in [1.807, 2.05) is 0 Å². The minimum atomic E-state index is 0.188. The molecule has 0 fully saturated rings. The highest BCUT2D eigenvalue weighted by molar-refractivity contribution is 9.10. The van der Waals surface area contributed by atoms with E-state index in [4.69, 9.17) is 0 Å². The van der Waals surface area contributed by atoms with Crippen molar-refractivity contribution in [2.24, 2.45) is 0 Å². The Balaban J connectivity index is 2.87. The number of benzene rings is 1. The van der Waals surface area contributed by atoms with Crippen LogP contribution in [0, 0.1) is 0 Å². The minimum Gasteiger partial charge on any atom is -0.395 e. The fourth-order valence-electron chi connectivity index (χ4n) is 2.62. The largest absolute Gasteiger partial charge is 0.395 e. The molecule has 0 amide bonds. The molecule has 0 radical (unpaired) electrons. The highest BCUT2D eigenvalue weighted by Crippen LogP contribution is 2.27. The van der Waals surface area contributed by atoms with Gasteiger partial charge in [0.1, 0.15) is 0 Å². The van der Waals surface area contributed by atoms with Crippen molar-refractivity contribution in [2.75, 3.05) is 24.6 Å². The molecule has 1 aromatic carbocycles. The predicted molar refractivity (Wildman–Crippen MR) is 94.9 cm³/mol. The van der Waals surface area contributed by atoms with Crippen molar-refractivity contribution in [1.82, 2.24) is 5.32 Å². The van der Waals surface area contributed by atoms with E-state index in [0.717, 1.165) is 36.8 Å². The van der Waals surface area contributed by atoms with Crippen LogP contribution in [0.15, 0.2) is 22.7 Å². The standard InChI is InChI=1S/C17H29BrN2O/c1-4-9-19-13-14-7-8-16(12-17(14)18)20(10-11-21)15(5-2)6-3/h7-8,12,15,19,21H,4-6,9-11,13H2,1-3H3. The first-order valence-corrected chi connectivity index (χ1v) is 8.83. The fraction of sp³-hybridized carbons (Fsp3) is 0.647. The maximum atomic E-state index is 9.34. The van der Waals surface area contributed by atoms with Gasteiger partial charge in [0.2, 0.25) is 0 Å². The summed E-state index contributed by atoms with van der Waals surface area (Å²) in [5.41, 5.74) is 2.46. The van der Waals surface area contributed by atoms with Crippen LogP contribution in [-0.2, 0) is 6.54 Å². The number of nitrogens with zero attached hydrogens (tertiary/aromatic N) is 1. The molecule has 0 spiro atoms. The van der Waals surface area contributed by atoms with E-state index in [-0.39, 0.29) is 6.61 Å². The molecular formula is C17H29BrN2O. The average Bonchev–Trinajstić information content (AvgIpc) is 2.49. The van der Waals surface area contributed by atoms with Crippen molar-refractivity contribution in [3.05, 3.63) is 28.2 Å². The Labute approximate surface area is 137 Å². The van der Waals surface area contributed by atoms with Gasteiger partial charge in [-0.1, -0.05) is 42.8 Å². The Morgan fingerprint density at radius 1 is 1.24 bits per heavy atom. The molecular weight excluding hydrogens is 328 g/mol. The van der Waals surface area contributed by atoms with Crippen LogP contribution in [-0.4, -0.2) is 30.8 Å². The molecule has 4 heteroatoms. The van der Waals surface area contributed by atoms with Crippen molar-refractivity contribution >= 4 is 21.6 Å². The molecule has 3 nitrogen and oxygen atoms in total. The second-order valence-corrected chi connectivity index (χ2v) is 6.19. The van der Waals surface area contributed by atoms with Gasteiger partial charge < -0.3 is 15.3 Å². The molecule has 0 aliphatic carbocycles. The number of hydrogen-bond donors (Lipinski definition) is 2. The molecule has 0 unspecified atom stereocenters. The quantitative estimate of drug-likeness (QED) is 0.623. The molecule has 21 heavy (non-hydrogen) atoms. The Morgan fingerprint density at radius 2 is 1.95 bits per heavy atom. The summed E-state index contributed by atoms with van der Waals surface area (Å²) in [5, 5.41) is 12.8. The molecule has 1 aromatic rings. The number of rotatable bonds is 10. The number of aliphatic hydroxyl groups is 1. The van der Waals surface area contributed by atoms with E-state index in [0.29, 0.717) is 12.6 Å². The zero-order chi connectivity index (χ0) is 15.7. The third kappa shape index (κ3) is 5.61. The lowest BCUT2D eigenvalue weighted by Gasteiger charge is -2.32. The normalized spacial score (nSPS) is 11.1. The number of aliphatic hydroxyl groups excluding tert-OH is 1. The zero-order valence-electron chi connectivity index (χ0n) is 13.5. The van der Waals surface area contributed by atoms with Gasteiger partial charge in [0.05, 0.1) is 6.61 Å². The number of halogens is 1. The predicted octanol–water partition coefficient (Wildman–Crippen LogP) is 3.94. The molecule has 0 aromatic heterocycles. The topological polar surface area (TPSA) is 35.5 Å². The van der Waals surface area contributed by atoms with Gasteiger partial charge in [-0.3, -0.25) is 0 Å². The smallest absolute Gasteiger partial charge is 0.0606 e. The van der Waals surface area contributed by atoms with E-state index < -0.39 is 0 Å². The van der Waals surface area contributed by atoms with Gasteiger partial charge in [0.15, 0.2) is 0 Å². The third-order valence-electron chi connectivity index (χ3n) is 3.83. The van der Waals surface area contributed by atoms with E-state index in [1.165, 1.54) is 11.3 Å². The summed E-state index contributed by atoms with van der Waals surface area (Å²) in [6, 6.07) is 7.00. The lowest BCUT2D eigenvalue weighted by molar-refractivity contribution is 0.296. The molecule has 0 bridgehead atoms. The summed E-state index contributed by atoms with van der Waals surface area (Å²) in [5.74, 6) is 0. The molecule has 0 atom stereocenters. The Hall–Kier alpha value is -0.580. The second-order valence-electron chi connectivity index (χ2n) is 5.34. The Bertz CT molecular complexity index is 408. The monoisotopic (exact) mass is 356 g/mol. The maximum absolute atomic E-state index is 9.34. The third-order valence-corrected chi connectivity index (χ3v) is 4.57. The molecule has 0 saturated heterocycles. The van der Waals surface area contributed by atoms with Crippen molar-refractivity contribution in [3.8, 4) is 0 Å². The highest BCUT2D eigenvalue weighted by Gasteiger charge is 2.16. The van der Waals surface area contributed by atoms with Crippen molar-refractivity contribution in [3.63, 3.8) is 0 Å². The van der Waals surface area contributed by atoms with Crippen molar-refractivity contribution < 1.29 is 5.11 Å². The van der Waals surface area contributed by atoms with Crippen LogP contribution in [0.25, 0.3) is 0 Å². The van der Waals surface area contributed by atoms with E-state index in [9.17, 15) is 5.11 Å². The van der Waals surface area contributed by atoms with Crippen LogP contribution in [0.2, 0.25) is 0 Å². The first-order chi connectivity index (χ1) is 10.2. The van der Waals surface area contributed by atoms with Crippen molar-refractivity contribution in [2.45, 2.75) is 52.6 Å². The number of nitrogens with one attached hydrogen (secondary N) is 1. The van der Waals surface area contributed by atoms with Gasteiger partial charge in [0, 0.05) is 29.3 Å². The van der Waals surface area contributed by atoms with Gasteiger partial charge in [0.25, 0.3) is 0 Å². The van der Waals surface area contributed by atoms with Crippen LogP contribution >= 0.6 is 15.9 Å². The van der Waals surface area contributed by atoms with Crippen molar-refractivity contribution in [1.29, 1.82) is 0 Å². The molecule has 0 saturated carbocycles. The molecule has 1 rings (SSSR count). The minimum absolute atomic E-state index is 0.188. The summed E-state index contributed by atoms with van der Waals surface area (Å²) in [4.78, 5) is 2.31. The second kappa shape index (κ2) is 10.2. The van der Waals surface area contributed by atoms with Gasteiger partial charge >= 0.3 is 0 Å². The number of hydrogen-bond acceptors (Lipinski definition) is 3.